The molecule has 0 amide bonds. The molecule has 4 rings (SSSR count). The molecule has 0 unspecified atom stereocenters. The predicted molar refractivity (Wildman–Crippen MR) is 141 cm³/mol. The highest BCUT2D eigenvalue weighted by Gasteiger charge is 2.64. The first-order valence-electron chi connectivity index (χ1n) is 11.5. The van der Waals surface area contributed by atoms with Crippen molar-refractivity contribution in [3.63, 3.8) is 0 Å². The predicted octanol–water partition coefficient (Wildman–Crippen LogP) is 7.16. The van der Waals surface area contributed by atoms with Crippen molar-refractivity contribution in [1.29, 1.82) is 5.26 Å². The van der Waals surface area contributed by atoms with E-state index in [0.29, 0.717) is 16.3 Å². The Hall–Kier alpha value is -2.86. The van der Waals surface area contributed by atoms with Crippen molar-refractivity contribution in [3.05, 3.63) is 58.7 Å². The van der Waals surface area contributed by atoms with Crippen molar-refractivity contribution in [3.8, 4) is 29.2 Å². The first-order chi connectivity index (χ1) is 15.8. The van der Waals surface area contributed by atoms with Gasteiger partial charge in [0.15, 0.2) is 5.88 Å². The number of ether oxygens (including phenoxy) is 1. The summed E-state index contributed by atoms with van der Waals surface area (Å²) in [7, 11) is -1.47. The number of halogens is 1. The molecule has 1 aliphatic rings. The van der Waals surface area contributed by atoms with Crippen LogP contribution in [0.2, 0.25) is 24.7 Å². The first kappa shape index (κ1) is 24.3. The molecule has 0 atom stereocenters. The Morgan fingerprint density at radius 2 is 1.74 bits per heavy atom. The third-order valence-electron chi connectivity index (χ3n) is 6.75. The summed E-state index contributed by atoms with van der Waals surface area (Å²) in [6, 6.07) is 13.3. The number of hydrogen-bond acceptors (Lipinski definition) is 3. The van der Waals surface area contributed by atoms with Crippen LogP contribution in [0.3, 0.4) is 0 Å². The average Bonchev–Trinajstić information content (AvgIpc) is 3.04. The maximum absolute atomic E-state index is 11.2. The van der Waals surface area contributed by atoms with Crippen molar-refractivity contribution < 1.29 is 9.84 Å². The van der Waals surface area contributed by atoms with Crippen LogP contribution in [-0.2, 0) is 0 Å². The van der Waals surface area contributed by atoms with Gasteiger partial charge in [0.2, 0.25) is 0 Å². The Bertz CT molecular complexity index is 1360. The zero-order chi connectivity index (χ0) is 25.1. The van der Waals surface area contributed by atoms with Crippen LogP contribution in [0.4, 0.5) is 0 Å². The molecule has 1 saturated carbocycles. The van der Waals surface area contributed by atoms with E-state index in [4.69, 9.17) is 21.6 Å². The van der Waals surface area contributed by atoms with Gasteiger partial charge >= 0.3 is 0 Å². The van der Waals surface area contributed by atoms with Gasteiger partial charge in [0.05, 0.1) is 16.6 Å². The average molecular weight is 491 g/mol. The van der Waals surface area contributed by atoms with Gasteiger partial charge in [-0.1, -0.05) is 64.9 Å². The highest BCUT2D eigenvalue weighted by atomic mass is 35.5. The monoisotopic (exact) mass is 490 g/mol. The van der Waals surface area contributed by atoms with Gasteiger partial charge in [-0.05, 0) is 30.3 Å². The van der Waals surface area contributed by atoms with E-state index in [1.807, 2.05) is 22.9 Å². The van der Waals surface area contributed by atoms with Gasteiger partial charge in [0.25, 0.3) is 0 Å². The van der Waals surface area contributed by atoms with Crippen LogP contribution in [0.15, 0.2) is 42.6 Å². The Kier molecular flexibility index (Phi) is 5.79. The number of rotatable bonds is 3. The molecular formula is C28H31ClN2O2Si. The van der Waals surface area contributed by atoms with Gasteiger partial charge < -0.3 is 14.4 Å². The quantitative estimate of drug-likeness (QED) is 0.313. The van der Waals surface area contributed by atoms with E-state index in [1.165, 1.54) is 0 Å². The van der Waals surface area contributed by atoms with Crippen molar-refractivity contribution in [1.82, 2.24) is 4.57 Å². The maximum atomic E-state index is 11.2. The maximum Gasteiger partial charge on any atom is 0.199 e. The van der Waals surface area contributed by atoms with Gasteiger partial charge in [-0.3, -0.25) is 0 Å². The zero-order valence-electron chi connectivity index (χ0n) is 20.8. The van der Waals surface area contributed by atoms with Crippen molar-refractivity contribution >= 4 is 30.4 Å². The minimum Gasteiger partial charge on any atom is -0.494 e. The molecule has 176 valence electrons. The van der Waals surface area contributed by atoms with E-state index in [0.717, 1.165) is 16.3 Å². The van der Waals surface area contributed by atoms with Crippen LogP contribution in [0.1, 0.15) is 44.9 Å². The molecule has 34 heavy (non-hydrogen) atoms. The summed E-state index contributed by atoms with van der Waals surface area (Å²) in [5, 5.41) is 22.5. The highest BCUT2D eigenvalue weighted by molar-refractivity contribution is 6.83. The minimum atomic E-state index is -1.47. The van der Waals surface area contributed by atoms with Gasteiger partial charge in [0.1, 0.15) is 26.0 Å². The minimum absolute atomic E-state index is 0.0165. The fraction of sp³-hybridized carbons (Fsp3) is 0.393. The van der Waals surface area contributed by atoms with Gasteiger partial charge in [-0.15, -0.1) is 5.54 Å². The topological polar surface area (TPSA) is 58.2 Å². The molecule has 6 heteroatoms. The van der Waals surface area contributed by atoms with Crippen LogP contribution in [0, 0.1) is 33.6 Å². The number of fused-ring (bicyclic) bond motifs is 1. The van der Waals surface area contributed by atoms with E-state index in [-0.39, 0.29) is 28.9 Å². The van der Waals surface area contributed by atoms with Crippen LogP contribution in [0.5, 0.6) is 11.6 Å². The first-order valence-corrected chi connectivity index (χ1v) is 15.4. The normalized spacial score (nSPS) is 20.7. The summed E-state index contributed by atoms with van der Waals surface area (Å²) in [6.45, 7) is 15.3. The van der Waals surface area contributed by atoms with Gasteiger partial charge in [-0.25, -0.2) is 0 Å². The molecule has 3 aromatic rings. The Morgan fingerprint density at radius 1 is 1.06 bits per heavy atom. The third-order valence-corrected chi connectivity index (χ3v) is 7.94. The Labute approximate surface area is 208 Å². The molecule has 0 spiro atoms. The molecular weight excluding hydrogens is 460 g/mol. The molecule has 1 aromatic heterocycles. The Morgan fingerprint density at radius 3 is 2.32 bits per heavy atom. The Balaban J connectivity index is 1.67. The van der Waals surface area contributed by atoms with E-state index in [2.05, 4.69) is 70.9 Å². The van der Waals surface area contributed by atoms with Crippen LogP contribution >= 0.6 is 11.6 Å². The molecule has 1 fully saturated rings. The summed E-state index contributed by atoms with van der Waals surface area (Å²) in [4.78, 5) is 0. The van der Waals surface area contributed by atoms with E-state index in [9.17, 15) is 5.11 Å². The number of aromatic hydroxyl groups is 1. The lowest BCUT2D eigenvalue weighted by molar-refractivity contribution is -0.188. The molecule has 0 bridgehead atoms. The third kappa shape index (κ3) is 4.09. The number of hydrogen-bond donors (Lipinski definition) is 1. The van der Waals surface area contributed by atoms with Crippen LogP contribution in [0.25, 0.3) is 10.8 Å². The fourth-order valence-corrected chi connectivity index (χ4v) is 6.41. The molecule has 2 aromatic carbocycles. The largest absolute Gasteiger partial charge is 0.494 e. The zero-order valence-corrected chi connectivity index (χ0v) is 22.6. The second-order valence-corrected chi connectivity index (χ2v) is 16.6. The summed E-state index contributed by atoms with van der Waals surface area (Å²) < 4.78 is 8.40. The smallest absolute Gasteiger partial charge is 0.199 e. The van der Waals surface area contributed by atoms with Crippen LogP contribution < -0.4 is 4.74 Å². The number of aromatic nitrogens is 1. The molecule has 0 saturated heterocycles. The van der Waals surface area contributed by atoms with E-state index < -0.39 is 8.07 Å². The molecule has 1 aliphatic carbocycles. The lowest BCUT2D eigenvalue weighted by Crippen LogP contribution is -2.66. The second-order valence-electron chi connectivity index (χ2n) is 11.5. The van der Waals surface area contributed by atoms with Gasteiger partial charge in [0, 0.05) is 39.4 Å². The van der Waals surface area contributed by atoms with Gasteiger partial charge in [-0.2, -0.15) is 5.26 Å². The van der Waals surface area contributed by atoms with Crippen molar-refractivity contribution in [2.75, 3.05) is 0 Å². The molecule has 4 nitrogen and oxygen atoms in total. The van der Waals surface area contributed by atoms with Crippen LogP contribution in [-0.4, -0.2) is 23.9 Å². The molecule has 0 aliphatic heterocycles. The van der Waals surface area contributed by atoms with E-state index >= 15 is 0 Å². The summed E-state index contributed by atoms with van der Waals surface area (Å²) in [5.74, 6) is 4.22. The molecule has 1 heterocycles. The fourth-order valence-electron chi connectivity index (χ4n) is 5.68. The summed E-state index contributed by atoms with van der Waals surface area (Å²) >= 11 is 6.22. The number of benzene rings is 2. The molecule has 1 N–H and O–H groups in total. The summed E-state index contributed by atoms with van der Waals surface area (Å²) in [6.07, 6.45) is 1.92. The number of nitrogens with zero attached hydrogens (tertiary/aromatic N) is 2. The van der Waals surface area contributed by atoms with Crippen molar-refractivity contribution in [2.45, 2.75) is 59.5 Å². The lowest BCUT2D eigenvalue weighted by Gasteiger charge is -2.63. The standard InChI is InChI=1S/C28H31ClN2O2Si/c1-27(2)25(28(3,4)26(27)33-21-10-9-19(16-30)23(29)15-21)31-17-20-14-18(12-13-34(5,6)7)8-11-22(20)24(31)32/h8-11,14-15,17,25-26,32H,1-7H3. The van der Waals surface area contributed by atoms with E-state index in [1.54, 1.807) is 18.2 Å². The SMILES string of the molecule is CC1(C)C(Oc2ccc(C#N)c(Cl)c2)C(C)(C)C1n1cc2cc(C#C[Si](C)(C)C)ccc2c1O. The summed E-state index contributed by atoms with van der Waals surface area (Å²) in [5.41, 5.74) is 4.28. The lowest BCUT2D eigenvalue weighted by atomic mass is 9.49. The highest BCUT2D eigenvalue weighted by Crippen LogP contribution is 2.64. The van der Waals surface area contributed by atoms with Crippen molar-refractivity contribution in [2.24, 2.45) is 10.8 Å². The molecule has 0 radical (unpaired) electrons. The second kappa shape index (κ2) is 8.12. The number of nitriles is 1.